The number of ether oxygens (including phenoxy) is 1. The van der Waals surface area contributed by atoms with Gasteiger partial charge in [-0.1, -0.05) is 57.4 Å². The standard InChI is InChI=1S/C37H42N4O14/c1-3-5-7-12-24(27(4-2)41(21-42)55-37(52)22-10-8-6-9-11-22)33(47)38-20-39-35(49)29-16-15-28(54-29)23-13-14-25(30(17-23)53-19-32(45)46)34(48)40-26(36(50)51)18-31(43)44/h6,8-11,13-17,21,24,26-27H,3-5,7,12,18-20H2,1-2H3,(H,38,47)(H,39,49)(H,40,48)(H,43,44)(H,45,46)(H,50,51). The number of carboxylic acid groups (broad SMARTS) is 3. The molecule has 0 aliphatic carbocycles. The van der Waals surface area contributed by atoms with Gasteiger partial charge in [0.25, 0.3) is 11.8 Å². The Balaban J connectivity index is 1.72. The summed E-state index contributed by atoms with van der Waals surface area (Å²) >= 11 is 0. The molecule has 3 atom stereocenters. The van der Waals surface area contributed by atoms with Gasteiger partial charge >= 0.3 is 23.9 Å². The normalized spacial score (nSPS) is 12.3. The van der Waals surface area contributed by atoms with E-state index in [-0.39, 0.29) is 47.0 Å². The SMILES string of the molecule is CCCCCC(C(=O)NCNC(=O)c1ccc(-c2ccc(C(=O)NC(CC(=O)O)C(=O)O)c(OCC(=O)O)c2)o1)C(CC)N(C=O)OC(=O)c1ccccc1. The third-order valence-electron chi connectivity index (χ3n) is 8.15. The molecule has 0 aliphatic rings. The molecule has 4 amide bonds. The van der Waals surface area contributed by atoms with Gasteiger partial charge in [-0.25, -0.2) is 14.4 Å². The van der Waals surface area contributed by atoms with Crippen molar-refractivity contribution in [3.63, 3.8) is 0 Å². The Hall–Kier alpha value is -6.72. The molecule has 294 valence electrons. The Bertz CT molecular complexity index is 1840. The first kappa shape index (κ1) is 42.7. The molecule has 0 saturated heterocycles. The van der Waals surface area contributed by atoms with Crippen molar-refractivity contribution in [3.05, 3.63) is 77.6 Å². The van der Waals surface area contributed by atoms with Crippen LogP contribution in [-0.2, 0) is 28.8 Å². The summed E-state index contributed by atoms with van der Waals surface area (Å²) in [6, 6.07) is 11.9. The van der Waals surface area contributed by atoms with Crippen molar-refractivity contribution in [3.8, 4) is 17.1 Å². The fourth-order valence-corrected chi connectivity index (χ4v) is 5.42. The maximum atomic E-state index is 13.5. The van der Waals surface area contributed by atoms with Gasteiger partial charge in [-0.3, -0.25) is 24.0 Å². The van der Waals surface area contributed by atoms with Crippen molar-refractivity contribution in [2.75, 3.05) is 13.3 Å². The molecule has 55 heavy (non-hydrogen) atoms. The van der Waals surface area contributed by atoms with Crippen LogP contribution in [0, 0.1) is 5.92 Å². The largest absolute Gasteiger partial charge is 0.481 e. The number of carboxylic acids is 3. The monoisotopic (exact) mass is 766 g/mol. The zero-order valence-corrected chi connectivity index (χ0v) is 30.0. The van der Waals surface area contributed by atoms with E-state index in [0.717, 1.165) is 17.9 Å². The molecule has 0 spiro atoms. The van der Waals surface area contributed by atoms with Crippen LogP contribution >= 0.6 is 0 Å². The third kappa shape index (κ3) is 12.7. The van der Waals surface area contributed by atoms with Crippen LogP contribution in [0.15, 0.2) is 65.1 Å². The molecule has 0 fully saturated rings. The Kier molecular flexibility index (Phi) is 16.4. The maximum absolute atomic E-state index is 13.5. The molecule has 18 nitrogen and oxygen atoms in total. The lowest BCUT2D eigenvalue weighted by Crippen LogP contribution is -2.49. The maximum Gasteiger partial charge on any atom is 0.363 e. The number of rotatable bonds is 23. The number of carbonyl (C=O) groups excluding carboxylic acids is 5. The van der Waals surface area contributed by atoms with Crippen LogP contribution < -0.4 is 20.7 Å². The molecule has 18 heteroatoms. The van der Waals surface area contributed by atoms with Gasteiger partial charge < -0.3 is 45.3 Å². The second-order valence-corrected chi connectivity index (χ2v) is 12.0. The van der Waals surface area contributed by atoms with Gasteiger partial charge in [0.2, 0.25) is 12.3 Å². The van der Waals surface area contributed by atoms with E-state index in [1.165, 1.54) is 42.5 Å². The minimum Gasteiger partial charge on any atom is -0.481 e. The van der Waals surface area contributed by atoms with Crippen molar-refractivity contribution in [1.82, 2.24) is 21.0 Å². The van der Waals surface area contributed by atoms with Crippen molar-refractivity contribution in [1.29, 1.82) is 0 Å². The van der Waals surface area contributed by atoms with Crippen LogP contribution in [0.3, 0.4) is 0 Å². The minimum absolute atomic E-state index is 0.0800. The van der Waals surface area contributed by atoms with E-state index in [0.29, 0.717) is 19.3 Å². The molecule has 1 heterocycles. The number of furan rings is 1. The summed E-state index contributed by atoms with van der Waals surface area (Å²) < 4.78 is 10.9. The highest BCUT2D eigenvalue weighted by Gasteiger charge is 2.34. The Morgan fingerprint density at radius 1 is 0.873 bits per heavy atom. The van der Waals surface area contributed by atoms with Crippen molar-refractivity contribution >= 4 is 48.0 Å². The van der Waals surface area contributed by atoms with Gasteiger partial charge in [-0.15, -0.1) is 0 Å². The van der Waals surface area contributed by atoms with Crippen molar-refractivity contribution in [2.45, 2.75) is 64.5 Å². The second kappa shape index (κ2) is 21.1. The van der Waals surface area contributed by atoms with Gasteiger partial charge in [0, 0.05) is 5.56 Å². The average Bonchev–Trinajstić information content (AvgIpc) is 3.66. The first-order chi connectivity index (χ1) is 26.3. The summed E-state index contributed by atoms with van der Waals surface area (Å²) in [6.07, 6.45) is 2.39. The highest BCUT2D eigenvalue weighted by molar-refractivity contribution is 6.00. The molecule has 3 aromatic rings. The highest BCUT2D eigenvalue weighted by Crippen LogP contribution is 2.29. The number of hydroxylamine groups is 2. The molecule has 1 aromatic heterocycles. The lowest BCUT2D eigenvalue weighted by Gasteiger charge is -2.31. The zero-order valence-electron chi connectivity index (χ0n) is 30.0. The third-order valence-corrected chi connectivity index (χ3v) is 8.15. The first-order valence-electron chi connectivity index (χ1n) is 17.2. The molecular weight excluding hydrogens is 724 g/mol. The van der Waals surface area contributed by atoms with Crippen molar-refractivity contribution < 1.29 is 67.7 Å². The molecule has 0 aliphatic heterocycles. The van der Waals surface area contributed by atoms with Gasteiger partial charge in [0.1, 0.15) is 17.6 Å². The van der Waals surface area contributed by atoms with Crippen LogP contribution in [0.2, 0.25) is 0 Å². The molecule has 0 radical (unpaired) electrons. The Labute approximate surface area is 314 Å². The van der Waals surface area contributed by atoms with Gasteiger partial charge in [0.15, 0.2) is 12.4 Å². The number of carbonyl (C=O) groups is 8. The Morgan fingerprint density at radius 2 is 1.60 bits per heavy atom. The number of nitrogens with zero attached hydrogens (tertiary/aromatic N) is 1. The fourth-order valence-electron chi connectivity index (χ4n) is 5.42. The molecule has 2 aromatic carbocycles. The smallest absolute Gasteiger partial charge is 0.363 e. The van der Waals surface area contributed by atoms with Gasteiger partial charge in [-0.2, -0.15) is 5.06 Å². The molecule has 3 unspecified atom stereocenters. The van der Waals surface area contributed by atoms with Gasteiger partial charge in [-0.05, 0) is 49.2 Å². The number of hydrogen-bond acceptors (Lipinski definition) is 11. The van der Waals surface area contributed by atoms with Crippen LogP contribution in [0.25, 0.3) is 11.3 Å². The summed E-state index contributed by atoms with van der Waals surface area (Å²) in [5, 5.41) is 35.4. The fraction of sp³-hybridized carbons (Fsp3) is 0.351. The van der Waals surface area contributed by atoms with Crippen LogP contribution in [0.4, 0.5) is 0 Å². The van der Waals surface area contributed by atoms with E-state index in [9.17, 15) is 43.5 Å². The van der Waals surface area contributed by atoms with Crippen LogP contribution in [0.5, 0.6) is 5.75 Å². The van der Waals surface area contributed by atoms with E-state index >= 15 is 0 Å². The average molecular weight is 767 g/mol. The molecule has 6 N–H and O–H groups in total. The Morgan fingerprint density at radius 3 is 2.22 bits per heavy atom. The zero-order chi connectivity index (χ0) is 40.5. The minimum atomic E-state index is -1.79. The summed E-state index contributed by atoms with van der Waals surface area (Å²) in [5.74, 6) is -8.74. The number of unbranched alkanes of at least 4 members (excludes halogenated alkanes) is 2. The second-order valence-electron chi connectivity index (χ2n) is 12.0. The summed E-state index contributed by atoms with van der Waals surface area (Å²) in [5.41, 5.74) is 0.140. The van der Waals surface area contributed by atoms with E-state index in [1.54, 1.807) is 25.1 Å². The number of aliphatic carboxylic acids is 3. The van der Waals surface area contributed by atoms with Crippen LogP contribution in [0.1, 0.15) is 83.6 Å². The number of amides is 4. The summed E-state index contributed by atoms with van der Waals surface area (Å²) in [4.78, 5) is 103. The van der Waals surface area contributed by atoms with Gasteiger partial charge in [0.05, 0.1) is 36.2 Å². The van der Waals surface area contributed by atoms with E-state index in [4.69, 9.17) is 24.2 Å². The predicted molar refractivity (Wildman–Crippen MR) is 190 cm³/mol. The number of nitrogens with one attached hydrogen (secondary N) is 3. The predicted octanol–water partition coefficient (Wildman–Crippen LogP) is 3.08. The molecule has 0 saturated carbocycles. The quantitative estimate of drug-likeness (QED) is 0.0351. The molecule has 0 bridgehead atoms. The highest BCUT2D eigenvalue weighted by atomic mass is 16.7. The van der Waals surface area contributed by atoms with Crippen molar-refractivity contribution in [2.24, 2.45) is 5.92 Å². The summed E-state index contributed by atoms with van der Waals surface area (Å²) in [7, 11) is 0. The van der Waals surface area contributed by atoms with E-state index in [1.807, 2.05) is 6.92 Å². The van der Waals surface area contributed by atoms with E-state index < -0.39 is 72.6 Å². The molecular formula is C37H42N4O14. The summed E-state index contributed by atoms with van der Waals surface area (Å²) in [6.45, 7) is 2.51. The number of benzene rings is 2. The number of hydrogen-bond donors (Lipinski definition) is 6. The lowest BCUT2D eigenvalue weighted by atomic mass is 9.90. The first-order valence-corrected chi connectivity index (χ1v) is 17.2. The molecule has 3 rings (SSSR count). The lowest BCUT2D eigenvalue weighted by molar-refractivity contribution is -0.171. The van der Waals surface area contributed by atoms with E-state index in [2.05, 4.69) is 16.0 Å². The topological polar surface area (TPSA) is 268 Å². The van der Waals surface area contributed by atoms with Crippen LogP contribution in [-0.4, -0.2) is 93.8 Å².